The highest BCUT2D eigenvalue weighted by Crippen LogP contribution is 2.28. The minimum absolute atomic E-state index is 0.124. The largest absolute Gasteiger partial charge is 0.352 e. The number of nitrogens with one attached hydrogen (secondary N) is 2. The number of hydrogen-bond acceptors (Lipinski definition) is 2. The summed E-state index contributed by atoms with van der Waals surface area (Å²) < 4.78 is 13.1. The summed E-state index contributed by atoms with van der Waals surface area (Å²) >= 11 is 0. The molecule has 4 nitrogen and oxygen atoms in total. The van der Waals surface area contributed by atoms with Gasteiger partial charge < -0.3 is 10.3 Å². The van der Waals surface area contributed by atoms with Crippen LogP contribution in [0.3, 0.4) is 0 Å². The summed E-state index contributed by atoms with van der Waals surface area (Å²) in [6, 6.07) is 14.3. The summed E-state index contributed by atoms with van der Waals surface area (Å²) in [5.41, 5.74) is 3.72. The van der Waals surface area contributed by atoms with Gasteiger partial charge in [0.05, 0.1) is 11.9 Å². The maximum Gasteiger partial charge on any atom is 0.220 e. The van der Waals surface area contributed by atoms with Crippen molar-refractivity contribution in [2.24, 2.45) is 5.92 Å². The van der Waals surface area contributed by atoms with Crippen molar-refractivity contribution in [2.45, 2.75) is 45.1 Å². The Balaban J connectivity index is 1.36. The number of amides is 1. The Labute approximate surface area is 170 Å². The third-order valence-electron chi connectivity index (χ3n) is 5.68. The molecule has 1 aromatic heterocycles. The van der Waals surface area contributed by atoms with E-state index in [0.29, 0.717) is 13.0 Å². The number of aromatic nitrogens is 2. The lowest BCUT2D eigenvalue weighted by Crippen LogP contribution is -2.23. The molecule has 0 saturated heterocycles. The summed E-state index contributed by atoms with van der Waals surface area (Å²) in [7, 11) is 0. The van der Waals surface area contributed by atoms with Crippen LogP contribution in [0.5, 0.6) is 0 Å². The Morgan fingerprint density at radius 3 is 2.69 bits per heavy atom. The van der Waals surface area contributed by atoms with Gasteiger partial charge in [-0.1, -0.05) is 43.9 Å². The molecule has 1 saturated carbocycles. The van der Waals surface area contributed by atoms with Crippen LogP contribution in [0.4, 0.5) is 4.39 Å². The molecule has 2 N–H and O–H groups in total. The molecule has 1 aliphatic rings. The molecule has 0 radical (unpaired) electrons. The molecular weight excluding hydrogens is 365 g/mol. The standard InChI is InChI=1S/C24H26FN3O/c25-21-11-9-19(10-12-21)22-16-27-24(28-22)20-7-3-6-18(14-20)15-26-23(29)13-8-17-4-1-2-5-17/h3,6-7,9-12,14,16-17H,1-2,4-5,8,13,15H2,(H,26,29)(H,27,28). The van der Waals surface area contributed by atoms with E-state index in [9.17, 15) is 9.18 Å². The molecule has 150 valence electrons. The van der Waals surface area contributed by atoms with Crippen molar-refractivity contribution >= 4 is 5.91 Å². The Hall–Kier alpha value is -2.95. The zero-order valence-electron chi connectivity index (χ0n) is 16.5. The molecular formula is C24H26FN3O. The lowest BCUT2D eigenvalue weighted by atomic mass is 10.0. The normalized spacial score (nSPS) is 14.2. The van der Waals surface area contributed by atoms with E-state index in [4.69, 9.17) is 0 Å². The molecule has 0 aliphatic heterocycles. The van der Waals surface area contributed by atoms with E-state index in [2.05, 4.69) is 15.3 Å². The van der Waals surface area contributed by atoms with Gasteiger partial charge in [-0.3, -0.25) is 4.79 Å². The SMILES string of the molecule is O=C(CCC1CCCC1)NCc1cccc(-c2ncc(-c3ccc(F)cc3)[nH]2)c1. The molecule has 0 bridgehead atoms. The lowest BCUT2D eigenvalue weighted by molar-refractivity contribution is -0.121. The molecule has 0 spiro atoms. The van der Waals surface area contributed by atoms with Gasteiger partial charge in [0.25, 0.3) is 0 Å². The zero-order chi connectivity index (χ0) is 20.1. The van der Waals surface area contributed by atoms with Crippen molar-refractivity contribution in [1.29, 1.82) is 0 Å². The molecule has 1 aliphatic carbocycles. The second-order valence-electron chi connectivity index (χ2n) is 7.82. The number of aromatic amines is 1. The van der Waals surface area contributed by atoms with Crippen molar-refractivity contribution in [2.75, 3.05) is 0 Å². The Morgan fingerprint density at radius 2 is 1.90 bits per heavy atom. The van der Waals surface area contributed by atoms with Gasteiger partial charge in [-0.15, -0.1) is 0 Å². The zero-order valence-corrected chi connectivity index (χ0v) is 16.5. The highest BCUT2D eigenvalue weighted by molar-refractivity contribution is 5.76. The second-order valence-corrected chi connectivity index (χ2v) is 7.82. The van der Waals surface area contributed by atoms with E-state index in [1.165, 1.54) is 37.8 Å². The number of H-pyrrole nitrogens is 1. The molecule has 5 heteroatoms. The molecule has 1 amide bonds. The first-order valence-corrected chi connectivity index (χ1v) is 10.3. The Kier molecular flexibility index (Phi) is 6.03. The lowest BCUT2D eigenvalue weighted by Gasteiger charge is -2.09. The number of hydrogen-bond donors (Lipinski definition) is 2. The van der Waals surface area contributed by atoms with Gasteiger partial charge in [0, 0.05) is 18.5 Å². The number of benzene rings is 2. The van der Waals surface area contributed by atoms with Crippen LogP contribution in [0.1, 0.15) is 44.1 Å². The van der Waals surface area contributed by atoms with Crippen molar-refractivity contribution in [3.63, 3.8) is 0 Å². The van der Waals surface area contributed by atoms with Gasteiger partial charge in [-0.2, -0.15) is 0 Å². The van der Waals surface area contributed by atoms with Crippen LogP contribution < -0.4 is 5.32 Å². The molecule has 29 heavy (non-hydrogen) atoms. The number of imidazole rings is 1. The van der Waals surface area contributed by atoms with Crippen LogP contribution in [-0.2, 0) is 11.3 Å². The minimum atomic E-state index is -0.258. The summed E-state index contributed by atoms with van der Waals surface area (Å²) in [4.78, 5) is 19.9. The Bertz CT molecular complexity index is 958. The van der Waals surface area contributed by atoms with Crippen LogP contribution in [0, 0.1) is 11.7 Å². The highest BCUT2D eigenvalue weighted by atomic mass is 19.1. The van der Waals surface area contributed by atoms with Crippen LogP contribution in [-0.4, -0.2) is 15.9 Å². The van der Waals surface area contributed by atoms with E-state index >= 15 is 0 Å². The number of halogens is 1. The van der Waals surface area contributed by atoms with E-state index < -0.39 is 0 Å². The summed E-state index contributed by atoms with van der Waals surface area (Å²) in [6.07, 6.45) is 8.55. The predicted molar refractivity (Wildman–Crippen MR) is 112 cm³/mol. The summed E-state index contributed by atoms with van der Waals surface area (Å²) in [5, 5.41) is 3.03. The van der Waals surface area contributed by atoms with Crippen molar-refractivity contribution in [3.05, 3.63) is 66.1 Å². The average molecular weight is 391 g/mol. The third-order valence-corrected chi connectivity index (χ3v) is 5.68. The van der Waals surface area contributed by atoms with Gasteiger partial charge in [0.15, 0.2) is 0 Å². The van der Waals surface area contributed by atoms with Crippen LogP contribution >= 0.6 is 0 Å². The molecule has 1 fully saturated rings. The van der Waals surface area contributed by atoms with E-state index in [1.807, 2.05) is 24.3 Å². The van der Waals surface area contributed by atoms with E-state index in [0.717, 1.165) is 40.5 Å². The summed E-state index contributed by atoms with van der Waals surface area (Å²) in [6.45, 7) is 0.517. The molecule has 3 aromatic rings. The average Bonchev–Trinajstić information content (AvgIpc) is 3.44. The first-order chi connectivity index (χ1) is 14.2. The first-order valence-electron chi connectivity index (χ1n) is 10.3. The molecule has 0 atom stereocenters. The Morgan fingerprint density at radius 1 is 1.10 bits per heavy atom. The molecule has 2 aromatic carbocycles. The van der Waals surface area contributed by atoms with E-state index in [-0.39, 0.29) is 11.7 Å². The quantitative estimate of drug-likeness (QED) is 0.561. The number of rotatable bonds is 7. The summed E-state index contributed by atoms with van der Waals surface area (Å²) in [5.74, 6) is 1.35. The van der Waals surface area contributed by atoms with Gasteiger partial charge in [-0.25, -0.2) is 9.37 Å². The molecule has 0 unspecified atom stereocenters. The van der Waals surface area contributed by atoms with Gasteiger partial charge in [0.1, 0.15) is 11.6 Å². The second kappa shape index (κ2) is 9.03. The van der Waals surface area contributed by atoms with Gasteiger partial charge in [-0.05, 0) is 53.8 Å². The van der Waals surface area contributed by atoms with Crippen molar-refractivity contribution in [3.8, 4) is 22.6 Å². The van der Waals surface area contributed by atoms with Crippen molar-refractivity contribution < 1.29 is 9.18 Å². The van der Waals surface area contributed by atoms with Gasteiger partial charge in [0.2, 0.25) is 5.91 Å². The third kappa shape index (κ3) is 5.11. The fourth-order valence-corrected chi connectivity index (χ4v) is 4.00. The molecule has 1 heterocycles. The smallest absolute Gasteiger partial charge is 0.220 e. The monoisotopic (exact) mass is 391 g/mol. The van der Waals surface area contributed by atoms with Crippen LogP contribution in [0.25, 0.3) is 22.6 Å². The van der Waals surface area contributed by atoms with Crippen molar-refractivity contribution in [1.82, 2.24) is 15.3 Å². The van der Waals surface area contributed by atoms with Crippen LogP contribution in [0.15, 0.2) is 54.7 Å². The fourth-order valence-electron chi connectivity index (χ4n) is 4.00. The number of carbonyl (C=O) groups is 1. The maximum atomic E-state index is 13.1. The highest BCUT2D eigenvalue weighted by Gasteiger charge is 2.16. The number of nitrogens with zero attached hydrogens (tertiary/aromatic N) is 1. The maximum absolute atomic E-state index is 13.1. The topological polar surface area (TPSA) is 57.8 Å². The first kappa shape index (κ1) is 19.4. The van der Waals surface area contributed by atoms with E-state index in [1.54, 1.807) is 18.3 Å². The van der Waals surface area contributed by atoms with Gasteiger partial charge >= 0.3 is 0 Å². The fraction of sp³-hybridized carbons (Fsp3) is 0.333. The minimum Gasteiger partial charge on any atom is -0.352 e. The number of carbonyl (C=O) groups excluding carboxylic acids is 1. The predicted octanol–water partition coefficient (Wildman–Crippen LogP) is 5.47. The van der Waals surface area contributed by atoms with Crippen LogP contribution in [0.2, 0.25) is 0 Å². The molecule has 4 rings (SSSR count).